The fraction of sp³-hybridized carbons (Fsp3) is 0.875. The van der Waals surface area contributed by atoms with Crippen molar-refractivity contribution in [1.29, 1.82) is 0 Å². The Morgan fingerprint density at radius 2 is 1.73 bits per heavy atom. The molecule has 0 fully saturated rings. The van der Waals surface area contributed by atoms with E-state index in [1.807, 2.05) is 4.90 Å². The quantitative estimate of drug-likeness (QED) is 0.652. The summed E-state index contributed by atoms with van der Waals surface area (Å²) in [4.78, 5) is 13.1. The molecule has 0 N–H and O–H groups in total. The van der Waals surface area contributed by atoms with Crippen LogP contribution in [-0.4, -0.2) is 29.2 Å². The first kappa shape index (κ1) is 11.0. The van der Waals surface area contributed by atoms with Gasteiger partial charge in [0.2, 0.25) is 5.91 Å². The van der Waals surface area contributed by atoms with Crippen molar-refractivity contribution in [2.75, 3.05) is 18.4 Å². The second kappa shape index (κ2) is 6.65. The van der Waals surface area contributed by atoms with Crippen LogP contribution in [0, 0.1) is 0 Å². The predicted octanol–water partition coefficient (Wildman–Crippen LogP) is 2.03. The molecule has 0 radical (unpaired) electrons. The molecule has 0 aliphatic rings. The monoisotopic (exact) mass is 221 g/mol. The predicted molar refractivity (Wildman–Crippen MR) is 51.0 cm³/mol. The van der Waals surface area contributed by atoms with Gasteiger partial charge in [0.05, 0.1) is 5.33 Å². The van der Waals surface area contributed by atoms with E-state index in [0.29, 0.717) is 5.33 Å². The number of halogens is 1. The van der Waals surface area contributed by atoms with Crippen LogP contribution in [0.25, 0.3) is 0 Å². The second-order valence-corrected chi connectivity index (χ2v) is 3.08. The van der Waals surface area contributed by atoms with Gasteiger partial charge < -0.3 is 4.90 Å². The SMILES string of the molecule is CCCN(CCC)C(=O)CBr. The van der Waals surface area contributed by atoms with Crippen LogP contribution in [0.4, 0.5) is 0 Å². The number of hydrogen-bond donors (Lipinski definition) is 0. The number of amides is 1. The highest BCUT2D eigenvalue weighted by Crippen LogP contribution is 1.97. The van der Waals surface area contributed by atoms with Crippen molar-refractivity contribution >= 4 is 21.8 Å². The Morgan fingerprint density at radius 3 is 2.00 bits per heavy atom. The first-order valence-electron chi connectivity index (χ1n) is 4.10. The maximum Gasteiger partial charge on any atom is 0.233 e. The molecular weight excluding hydrogens is 206 g/mol. The van der Waals surface area contributed by atoms with Gasteiger partial charge in [-0.25, -0.2) is 0 Å². The van der Waals surface area contributed by atoms with Gasteiger partial charge in [-0.15, -0.1) is 0 Å². The molecule has 0 aromatic carbocycles. The minimum Gasteiger partial charge on any atom is -0.342 e. The van der Waals surface area contributed by atoms with Gasteiger partial charge >= 0.3 is 0 Å². The molecule has 0 saturated heterocycles. The zero-order valence-corrected chi connectivity index (χ0v) is 8.85. The normalized spacial score (nSPS) is 9.73. The largest absolute Gasteiger partial charge is 0.342 e. The Kier molecular flexibility index (Phi) is 6.62. The molecule has 0 heterocycles. The van der Waals surface area contributed by atoms with Gasteiger partial charge in [-0.1, -0.05) is 29.8 Å². The van der Waals surface area contributed by atoms with Crippen LogP contribution in [0.5, 0.6) is 0 Å². The minimum absolute atomic E-state index is 0.203. The molecule has 0 saturated carbocycles. The van der Waals surface area contributed by atoms with Gasteiger partial charge in [-0.05, 0) is 12.8 Å². The zero-order valence-electron chi connectivity index (χ0n) is 7.27. The van der Waals surface area contributed by atoms with Crippen molar-refractivity contribution in [3.05, 3.63) is 0 Å². The average molecular weight is 222 g/mol. The summed E-state index contributed by atoms with van der Waals surface area (Å²) in [7, 11) is 0. The van der Waals surface area contributed by atoms with E-state index in [1.165, 1.54) is 0 Å². The minimum atomic E-state index is 0.203. The molecule has 2 nitrogen and oxygen atoms in total. The van der Waals surface area contributed by atoms with Crippen LogP contribution < -0.4 is 0 Å². The van der Waals surface area contributed by atoms with Crippen molar-refractivity contribution < 1.29 is 4.79 Å². The Morgan fingerprint density at radius 1 is 1.27 bits per heavy atom. The molecule has 0 bridgehead atoms. The van der Waals surface area contributed by atoms with E-state index in [9.17, 15) is 4.79 Å². The summed E-state index contributed by atoms with van der Waals surface area (Å²) in [5.41, 5.74) is 0. The highest BCUT2D eigenvalue weighted by atomic mass is 79.9. The fourth-order valence-corrected chi connectivity index (χ4v) is 1.34. The van der Waals surface area contributed by atoms with Crippen LogP contribution in [0.2, 0.25) is 0 Å². The van der Waals surface area contributed by atoms with Gasteiger partial charge in [0, 0.05) is 13.1 Å². The Hall–Kier alpha value is -0.0500. The molecule has 0 unspecified atom stereocenters. The van der Waals surface area contributed by atoms with E-state index in [2.05, 4.69) is 29.8 Å². The van der Waals surface area contributed by atoms with Crippen molar-refractivity contribution in [2.45, 2.75) is 26.7 Å². The standard InChI is InChI=1S/C8H16BrNO/c1-3-5-10(6-4-2)8(11)7-9/h3-7H2,1-2H3. The van der Waals surface area contributed by atoms with E-state index < -0.39 is 0 Å². The molecule has 66 valence electrons. The third-order valence-corrected chi connectivity index (χ3v) is 1.93. The lowest BCUT2D eigenvalue weighted by atomic mass is 10.3. The number of nitrogens with zero attached hydrogens (tertiary/aromatic N) is 1. The lowest BCUT2D eigenvalue weighted by Gasteiger charge is -2.19. The number of carbonyl (C=O) groups is 1. The molecule has 0 spiro atoms. The molecular formula is C8H16BrNO. The number of alkyl halides is 1. The Balaban J connectivity index is 3.76. The summed E-state index contributed by atoms with van der Waals surface area (Å²) in [6.07, 6.45) is 2.08. The average Bonchev–Trinajstić information content (AvgIpc) is 2.03. The smallest absolute Gasteiger partial charge is 0.233 e. The van der Waals surface area contributed by atoms with E-state index >= 15 is 0 Å². The highest BCUT2D eigenvalue weighted by Gasteiger charge is 2.08. The van der Waals surface area contributed by atoms with Gasteiger partial charge in [0.1, 0.15) is 0 Å². The van der Waals surface area contributed by atoms with Crippen molar-refractivity contribution in [2.24, 2.45) is 0 Å². The Labute approximate surface area is 77.1 Å². The van der Waals surface area contributed by atoms with E-state index in [-0.39, 0.29) is 5.91 Å². The van der Waals surface area contributed by atoms with Gasteiger partial charge in [-0.2, -0.15) is 0 Å². The molecule has 3 heteroatoms. The highest BCUT2D eigenvalue weighted by molar-refractivity contribution is 9.09. The Bertz CT molecular complexity index is 111. The van der Waals surface area contributed by atoms with Crippen molar-refractivity contribution in [3.8, 4) is 0 Å². The summed E-state index contributed by atoms with van der Waals surface area (Å²) in [5.74, 6) is 0.203. The maximum atomic E-state index is 11.2. The van der Waals surface area contributed by atoms with E-state index in [0.717, 1.165) is 25.9 Å². The second-order valence-electron chi connectivity index (χ2n) is 2.51. The summed E-state index contributed by atoms with van der Waals surface area (Å²) < 4.78 is 0. The van der Waals surface area contributed by atoms with Crippen molar-refractivity contribution in [3.63, 3.8) is 0 Å². The third-order valence-electron chi connectivity index (χ3n) is 1.45. The van der Waals surface area contributed by atoms with Gasteiger partial charge in [0.15, 0.2) is 0 Å². The molecule has 0 aromatic rings. The summed E-state index contributed by atoms with van der Waals surface area (Å²) in [5, 5.41) is 0.451. The fourth-order valence-electron chi connectivity index (χ4n) is 0.986. The number of rotatable bonds is 5. The molecule has 0 aliphatic carbocycles. The molecule has 0 aliphatic heterocycles. The van der Waals surface area contributed by atoms with E-state index in [1.54, 1.807) is 0 Å². The lowest BCUT2D eigenvalue weighted by molar-refractivity contribution is -0.128. The summed E-state index contributed by atoms with van der Waals surface area (Å²) >= 11 is 3.16. The zero-order chi connectivity index (χ0) is 8.69. The maximum absolute atomic E-state index is 11.2. The van der Waals surface area contributed by atoms with Gasteiger partial charge in [0.25, 0.3) is 0 Å². The summed E-state index contributed by atoms with van der Waals surface area (Å²) in [6.45, 7) is 5.95. The van der Waals surface area contributed by atoms with Crippen LogP contribution in [0.3, 0.4) is 0 Å². The van der Waals surface area contributed by atoms with Crippen LogP contribution in [-0.2, 0) is 4.79 Å². The van der Waals surface area contributed by atoms with Crippen LogP contribution in [0.15, 0.2) is 0 Å². The summed E-state index contributed by atoms with van der Waals surface area (Å²) in [6, 6.07) is 0. The molecule has 1 amide bonds. The third kappa shape index (κ3) is 4.40. The lowest BCUT2D eigenvalue weighted by Crippen LogP contribution is -2.33. The van der Waals surface area contributed by atoms with Crippen LogP contribution >= 0.6 is 15.9 Å². The van der Waals surface area contributed by atoms with Crippen LogP contribution in [0.1, 0.15) is 26.7 Å². The number of hydrogen-bond acceptors (Lipinski definition) is 1. The molecule has 0 aromatic heterocycles. The van der Waals surface area contributed by atoms with Crippen molar-refractivity contribution in [1.82, 2.24) is 4.90 Å². The molecule has 11 heavy (non-hydrogen) atoms. The van der Waals surface area contributed by atoms with E-state index in [4.69, 9.17) is 0 Å². The molecule has 0 atom stereocenters. The first-order valence-corrected chi connectivity index (χ1v) is 5.22. The topological polar surface area (TPSA) is 20.3 Å². The first-order chi connectivity index (χ1) is 5.26. The number of carbonyl (C=O) groups excluding carboxylic acids is 1. The van der Waals surface area contributed by atoms with Gasteiger partial charge in [-0.3, -0.25) is 4.79 Å². The molecule has 0 rings (SSSR count).